The summed E-state index contributed by atoms with van der Waals surface area (Å²) in [6.45, 7) is 0. The maximum atomic E-state index is 13.0. The first kappa shape index (κ1) is 20.2. The van der Waals surface area contributed by atoms with Crippen LogP contribution in [0.15, 0.2) is 18.2 Å². The Kier molecular flexibility index (Phi) is 5.90. The maximum Gasteiger partial charge on any atom is 0.455 e. The molecule has 122 valence electrons. The maximum absolute atomic E-state index is 13.0. The smallest absolute Gasteiger partial charge is 0.319 e. The lowest BCUT2D eigenvalue weighted by Gasteiger charge is -2.26. The van der Waals surface area contributed by atoms with Crippen molar-refractivity contribution in [1.29, 1.82) is 0 Å². The molecule has 0 saturated carbocycles. The first-order chi connectivity index (χ1) is 8.76. The van der Waals surface area contributed by atoms with Gasteiger partial charge in [-0.15, -0.1) is 12.4 Å². The van der Waals surface area contributed by atoms with Crippen molar-refractivity contribution in [3.63, 3.8) is 0 Å². The lowest BCUT2D eigenvalue weighted by Crippen LogP contribution is -2.45. The number of rotatable bonds is 2. The van der Waals surface area contributed by atoms with Crippen molar-refractivity contribution in [1.82, 2.24) is 0 Å². The lowest BCUT2D eigenvalue weighted by atomic mass is 9.99. The molecule has 0 heterocycles. The van der Waals surface area contributed by atoms with Crippen molar-refractivity contribution < 1.29 is 35.1 Å². The minimum atomic E-state index is -5.99. The molecule has 1 aromatic carbocycles. The van der Waals surface area contributed by atoms with Crippen molar-refractivity contribution >= 4 is 24.0 Å². The third-order valence-electron chi connectivity index (χ3n) is 2.38. The zero-order chi connectivity index (χ0) is 15.9. The van der Waals surface area contributed by atoms with Gasteiger partial charge in [0.25, 0.3) is 0 Å². The normalized spacial score (nSPS) is 14.6. The highest BCUT2D eigenvalue weighted by Gasteiger charge is 2.61. The molecule has 0 bridgehead atoms. The predicted molar refractivity (Wildman–Crippen MR) is 61.6 cm³/mol. The fourth-order valence-electron chi connectivity index (χ4n) is 1.34. The standard InChI is InChI=1S/C10H6ClF8N.ClH/c11-6-2-4(1-5(3-6)9(14,15)16)7(20)8(12,13)10(17,18)19;/h1-3,7H,20H2;1H/t7-;/m0./s1. The largest absolute Gasteiger partial charge is 0.455 e. The van der Waals surface area contributed by atoms with Gasteiger partial charge in [-0.2, -0.15) is 35.1 Å². The summed E-state index contributed by atoms with van der Waals surface area (Å²) in [4.78, 5) is 0. The molecule has 0 aliphatic rings. The molecule has 1 aromatic rings. The highest BCUT2D eigenvalue weighted by molar-refractivity contribution is 6.30. The average Bonchev–Trinajstić information content (AvgIpc) is 2.24. The fourth-order valence-corrected chi connectivity index (χ4v) is 1.58. The summed E-state index contributed by atoms with van der Waals surface area (Å²) in [6.07, 6.45) is -10.9. The van der Waals surface area contributed by atoms with Gasteiger partial charge in [0.15, 0.2) is 0 Å². The van der Waals surface area contributed by atoms with E-state index in [2.05, 4.69) is 0 Å². The summed E-state index contributed by atoms with van der Waals surface area (Å²) in [5.41, 5.74) is 2.22. The Morgan fingerprint density at radius 1 is 0.905 bits per heavy atom. The van der Waals surface area contributed by atoms with Crippen LogP contribution < -0.4 is 5.73 Å². The van der Waals surface area contributed by atoms with Gasteiger partial charge in [-0.25, -0.2) is 0 Å². The number of benzene rings is 1. The Morgan fingerprint density at radius 3 is 1.76 bits per heavy atom. The number of nitrogens with two attached hydrogens (primary N) is 1. The molecule has 21 heavy (non-hydrogen) atoms. The van der Waals surface area contributed by atoms with Crippen molar-refractivity contribution in [3.05, 3.63) is 34.3 Å². The summed E-state index contributed by atoms with van der Waals surface area (Å²) in [5.74, 6) is -5.39. The average molecular weight is 364 g/mol. The molecule has 0 amide bonds. The van der Waals surface area contributed by atoms with E-state index in [1.807, 2.05) is 0 Å². The zero-order valence-corrected chi connectivity index (χ0v) is 11.3. The topological polar surface area (TPSA) is 26.0 Å². The number of halogens is 10. The number of alkyl halides is 8. The second-order valence-electron chi connectivity index (χ2n) is 3.87. The molecule has 0 unspecified atom stereocenters. The van der Waals surface area contributed by atoms with Crippen LogP contribution in [0.3, 0.4) is 0 Å². The van der Waals surface area contributed by atoms with Gasteiger partial charge in [-0.1, -0.05) is 11.6 Å². The Hall–Kier alpha value is -0.800. The van der Waals surface area contributed by atoms with E-state index >= 15 is 0 Å². The third kappa shape index (κ3) is 4.33. The molecule has 0 aliphatic heterocycles. The lowest BCUT2D eigenvalue weighted by molar-refractivity contribution is -0.291. The Morgan fingerprint density at radius 2 is 1.38 bits per heavy atom. The van der Waals surface area contributed by atoms with E-state index in [4.69, 9.17) is 17.3 Å². The van der Waals surface area contributed by atoms with E-state index in [1.165, 1.54) is 0 Å². The van der Waals surface area contributed by atoms with Crippen LogP contribution >= 0.6 is 24.0 Å². The van der Waals surface area contributed by atoms with Crippen LogP contribution in [0.4, 0.5) is 35.1 Å². The van der Waals surface area contributed by atoms with Gasteiger partial charge in [0.05, 0.1) is 5.56 Å². The molecule has 0 aliphatic carbocycles. The summed E-state index contributed by atoms with van der Waals surface area (Å²) < 4.78 is 99.6. The second kappa shape index (κ2) is 6.13. The van der Waals surface area contributed by atoms with Crippen LogP contribution in [0.2, 0.25) is 5.02 Å². The quantitative estimate of drug-likeness (QED) is 0.737. The van der Waals surface area contributed by atoms with Crippen LogP contribution in [0.25, 0.3) is 0 Å². The molecular formula is C10H7Cl2F8N. The number of hydrogen-bond acceptors (Lipinski definition) is 1. The van der Waals surface area contributed by atoms with Gasteiger partial charge >= 0.3 is 18.3 Å². The van der Waals surface area contributed by atoms with Gasteiger partial charge < -0.3 is 5.73 Å². The van der Waals surface area contributed by atoms with Crippen molar-refractivity contribution in [3.8, 4) is 0 Å². The Balaban J connectivity index is 0.00000400. The van der Waals surface area contributed by atoms with E-state index in [0.29, 0.717) is 12.1 Å². The van der Waals surface area contributed by atoms with Crippen molar-refractivity contribution in [2.45, 2.75) is 24.3 Å². The van der Waals surface area contributed by atoms with Gasteiger partial charge in [0.1, 0.15) is 6.04 Å². The molecule has 0 saturated heterocycles. The molecule has 1 atom stereocenters. The first-order valence-electron chi connectivity index (χ1n) is 4.84. The van der Waals surface area contributed by atoms with Crippen LogP contribution in [0, 0.1) is 0 Å². The molecule has 1 rings (SSSR count). The molecule has 1 nitrogen and oxygen atoms in total. The SMILES string of the molecule is Cl.N[C@@H](c1cc(Cl)cc(C(F)(F)F)c1)C(F)(F)C(F)(F)F. The van der Waals surface area contributed by atoms with E-state index in [0.717, 1.165) is 0 Å². The summed E-state index contributed by atoms with van der Waals surface area (Å²) in [7, 11) is 0. The minimum absolute atomic E-state index is 0. The highest BCUT2D eigenvalue weighted by atomic mass is 35.5. The summed E-state index contributed by atoms with van der Waals surface area (Å²) >= 11 is 5.28. The third-order valence-corrected chi connectivity index (χ3v) is 2.59. The van der Waals surface area contributed by atoms with E-state index in [1.54, 1.807) is 0 Å². The van der Waals surface area contributed by atoms with Crippen LogP contribution in [0.5, 0.6) is 0 Å². The Labute approximate surface area is 124 Å². The molecular weight excluding hydrogens is 357 g/mol. The molecule has 11 heteroatoms. The van der Waals surface area contributed by atoms with E-state index < -0.39 is 40.5 Å². The molecule has 0 spiro atoms. The summed E-state index contributed by atoms with van der Waals surface area (Å²) in [5, 5.41) is -0.650. The van der Waals surface area contributed by atoms with Gasteiger partial charge in [-0.3, -0.25) is 0 Å². The van der Waals surface area contributed by atoms with Gasteiger partial charge in [-0.05, 0) is 23.8 Å². The zero-order valence-electron chi connectivity index (χ0n) is 9.70. The van der Waals surface area contributed by atoms with E-state index in [-0.39, 0.29) is 18.5 Å². The second-order valence-corrected chi connectivity index (χ2v) is 4.31. The van der Waals surface area contributed by atoms with E-state index in [9.17, 15) is 35.1 Å². The van der Waals surface area contributed by atoms with Crippen LogP contribution in [0.1, 0.15) is 17.2 Å². The van der Waals surface area contributed by atoms with Gasteiger partial charge in [0, 0.05) is 5.02 Å². The highest BCUT2D eigenvalue weighted by Crippen LogP contribution is 2.44. The molecule has 0 fully saturated rings. The Bertz CT molecular complexity index is 497. The predicted octanol–water partition coefficient (Wildman–Crippen LogP) is 4.98. The molecule has 0 aromatic heterocycles. The number of hydrogen-bond donors (Lipinski definition) is 1. The molecule has 0 radical (unpaired) electrons. The minimum Gasteiger partial charge on any atom is -0.319 e. The van der Waals surface area contributed by atoms with Crippen molar-refractivity contribution in [2.75, 3.05) is 0 Å². The van der Waals surface area contributed by atoms with Gasteiger partial charge in [0.2, 0.25) is 0 Å². The fraction of sp³-hybridized carbons (Fsp3) is 0.400. The van der Waals surface area contributed by atoms with Crippen LogP contribution in [-0.2, 0) is 6.18 Å². The molecule has 2 N–H and O–H groups in total. The summed E-state index contributed by atoms with van der Waals surface area (Å²) in [6, 6.07) is -1.97. The van der Waals surface area contributed by atoms with Crippen molar-refractivity contribution in [2.24, 2.45) is 5.73 Å². The van der Waals surface area contributed by atoms with Crippen LogP contribution in [-0.4, -0.2) is 12.1 Å². The first-order valence-corrected chi connectivity index (χ1v) is 5.22. The monoisotopic (exact) mass is 363 g/mol.